The molecule has 0 aliphatic carbocycles. The molecule has 0 radical (unpaired) electrons. The van der Waals surface area contributed by atoms with Crippen molar-refractivity contribution in [3.8, 4) is 5.75 Å². The van der Waals surface area contributed by atoms with Gasteiger partial charge in [0, 0.05) is 18.9 Å². The van der Waals surface area contributed by atoms with Crippen LogP contribution in [0, 0.1) is 5.92 Å². The Morgan fingerprint density at radius 1 is 1.40 bits per heavy atom. The highest BCUT2D eigenvalue weighted by molar-refractivity contribution is 5.97. The van der Waals surface area contributed by atoms with Gasteiger partial charge in [-0.05, 0) is 18.1 Å². The molecule has 1 aromatic carbocycles. The molecule has 2 atom stereocenters. The van der Waals surface area contributed by atoms with Crippen LogP contribution in [0.3, 0.4) is 0 Å². The third kappa shape index (κ3) is 2.22. The van der Waals surface area contributed by atoms with Crippen LogP contribution in [0.2, 0.25) is 0 Å². The predicted octanol–water partition coefficient (Wildman–Crippen LogP) is 1.26. The number of carbonyl (C=O) groups excluding carboxylic acids is 1. The largest absolute Gasteiger partial charge is 0.496 e. The number of anilines is 1. The minimum Gasteiger partial charge on any atom is -0.496 e. The Morgan fingerprint density at radius 3 is 2.55 bits per heavy atom. The molecule has 0 saturated carbocycles. The van der Waals surface area contributed by atoms with Crippen LogP contribution in [0.25, 0.3) is 0 Å². The van der Waals surface area contributed by atoms with Gasteiger partial charge in [-0.15, -0.1) is 0 Å². The van der Waals surface area contributed by atoms with Gasteiger partial charge in [0.25, 0.3) is 0 Å². The first-order chi connectivity index (χ1) is 9.36. The minimum atomic E-state index is -1.09. The highest BCUT2D eigenvalue weighted by atomic mass is 16.5. The van der Waals surface area contributed by atoms with Crippen LogP contribution < -0.4 is 9.64 Å². The first-order valence-corrected chi connectivity index (χ1v) is 6.29. The van der Waals surface area contributed by atoms with E-state index in [0.29, 0.717) is 12.1 Å². The molecule has 1 aliphatic rings. The lowest BCUT2D eigenvalue weighted by atomic mass is 9.90. The average Bonchev–Trinajstić information content (AvgIpc) is 2.38. The molecule has 1 aromatic rings. The van der Waals surface area contributed by atoms with Crippen molar-refractivity contribution in [3.05, 3.63) is 23.3 Å². The van der Waals surface area contributed by atoms with Gasteiger partial charge in [0.2, 0.25) is 5.91 Å². The van der Waals surface area contributed by atoms with Gasteiger partial charge in [0.05, 0.1) is 12.8 Å². The van der Waals surface area contributed by atoms with Crippen molar-refractivity contribution in [2.24, 2.45) is 5.92 Å². The van der Waals surface area contributed by atoms with Gasteiger partial charge in [-0.1, -0.05) is 6.92 Å². The maximum atomic E-state index is 11.7. The van der Waals surface area contributed by atoms with E-state index in [1.807, 2.05) is 6.92 Å². The van der Waals surface area contributed by atoms with Crippen molar-refractivity contribution in [2.45, 2.75) is 26.5 Å². The maximum absolute atomic E-state index is 11.7. The summed E-state index contributed by atoms with van der Waals surface area (Å²) in [4.78, 5) is 24.2. The lowest BCUT2D eigenvalue weighted by Gasteiger charge is -2.37. The molecular formula is C14H17NO5. The van der Waals surface area contributed by atoms with E-state index < -0.39 is 12.2 Å². The third-order valence-electron chi connectivity index (χ3n) is 3.55. The molecule has 108 valence electrons. The summed E-state index contributed by atoms with van der Waals surface area (Å²) < 4.78 is 5.06. The van der Waals surface area contributed by atoms with Crippen molar-refractivity contribution in [1.29, 1.82) is 0 Å². The Hall–Kier alpha value is -2.08. The van der Waals surface area contributed by atoms with Crippen molar-refractivity contribution in [3.63, 3.8) is 0 Å². The lowest BCUT2D eigenvalue weighted by molar-refractivity contribution is -0.119. The Morgan fingerprint density at radius 2 is 2.05 bits per heavy atom. The average molecular weight is 279 g/mol. The van der Waals surface area contributed by atoms with Gasteiger partial charge in [-0.25, -0.2) is 4.79 Å². The number of carbonyl (C=O) groups is 2. The van der Waals surface area contributed by atoms with Gasteiger partial charge in [0.15, 0.2) is 0 Å². The van der Waals surface area contributed by atoms with Crippen molar-refractivity contribution in [1.82, 2.24) is 0 Å². The second-order valence-corrected chi connectivity index (χ2v) is 4.97. The number of aliphatic hydroxyl groups is 1. The number of nitrogens with zero attached hydrogens (tertiary/aromatic N) is 1. The highest BCUT2D eigenvalue weighted by Crippen LogP contribution is 2.37. The summed E-state index contributed by atoms with van der Waals surface area (Å²) >= 11 is 0. The molecule has 1 amide bonds. The summed E-state index contributed by atoms with van der Waals surface area (Å²) in [5.41, 5.74) is 1.28. The molecule has 2 N–H and O–H groups in total. The molecule has 6 heteroatoms. The zero-order valence-electron chi connectivity index (χ0n) is 11.6. The van der Waals surface area contributed by atoms with Gasteiger partial charge in [-0.3, -0.25) is 9.69 Å². The second kappa shape index (κ2) is 5.13. The number of benzene rings is 1. The van der Waals surface area contributed by atoms with Gasteiger partial charge in [-0.2, -0.15) is 0 Å². The smallest absolute Gasteiger partial charge is 0.339 e. The Balaban J connectivity index is 2.63. The van der Waals surface area contributed by atoms with Crippen LogP contribution >= 0.6 is 0 Å². The van der Waals surface area contributed by atoms with Crippen molar-refractivity contribution < 1.29 is 24.5 Å². The number of methoxy groups -OCH3 is 1. The predicted molar refractivity (Wildman–Crippen MR) is 72.0 cm³/mol. The summed E-state index contributed by atoms with van der Waals surface area (Å²) in [6.45, 7) is 3.18. The first-order valence-electron chi connectivity index (χ1n) is 6.29. The van der Waals surface area contributed by atoms with Gasteiger partial charge in [0.1, 0.15) is 17.5 Å². The number of carboxylic acid groups (broad SMARTS) is 1. The van der Waals surface area contributed by atoms with E-state index in [2.05, 4.69) is 0 Å². The minimum absolute atomic E-state index is 0.0540. The van der Waals surface area contributed by atoms with E-state index in [-0.39, 0.29) is 23.1 Å². The molecule has 6 nitrogen and oxygen atoms in total. The van der Waals surface area contributed by atoms with Crippen LogP contribution in [0.15, 0.2) is 12.1 Å². The highest BCUT2D eigenvalue weighted by Gasteiger charge is 2.34. The monoisotopic (exact) mass is 279 g/mol. The fraction of sp³-hybridized carbons (Fsp3) is 0.429. The SMILES string of the molecule is COc1cc2c(cc1C(=O)O)CC(C)[C@H](O)N2C(C)=O. The van der Waals surface area contributed by atoms with Crippen LogP contribution in [-0.2, 0) is 11.2 Å². The van der Waals surface area contributed by atoms with E-state index in [0.717, 1.165) is 5.56 Å². The van der Waals surface area contributed by atoms with Crippen LogP contribution in [-0.4, -0.2) is 35.4 Å². The topological polar surface area (TPSA) is 87.1 Å². The molecule has 0 fully saturated rings. The van der Waals surface area contributed by atoms with Crippen molar-refractivity contribution >= 4 is 17.6 Å². The normalized spacial score (nSPS) is 21.3. The maximum Gasteiger partial charge on any atom is 0.339 e. The number of rotatable bonds is 2. The summed E-state index contributed by atoms with van der Waals surface area (Å²) in [5, 5.41) is 19.3. The fourth-order valence-corrected chi connectivity index (χ4v) is 2.54. The van der Waals surface area contributed by atoms with Crippen LogP contribution in [0.5, 0.6) is 5.75 Å². The van der Waals surface area contributed by atoms with E-state index >= 15 is 0 Å². The van der Waals surface area contributed by atoms with E-state index in [1.54, 1.807) is 0 Å². The second-order valence-electron chi connectivity index (χ2n) is 4.97. The molecule has 0 spiro atoms. The van der Waals surface area contributed by atoms with E-state index in [4.69, 9.17) is 4.74 Å². The molecular weight excluding hydrogens is 262 g/mol. The Labute approximate surface area is 116 Å². The molecule has 1 unspecified atom stereocenters. The molecule has 0 bridgehead atoms. The lowest BCUT2D eigenvalue weighted by Crippen LogP contribution is -2.47. The number of fused-ring (bicyclic) bond motifs is 1. The number of carboxylic acids is 1. The number of amides is 1. The van der Waals surface area contributed by atoms with E-state index in [1.165, 1.54) is 31.1 Å². The molecule has 20 heavy (non-hydrogen) atoms. The van der Waals surface area contributed by atoms with Crippen molar-refractivity contribution in [2.75, 3.05) is 12.0 Å². The summed E-state index contributed by atoms with van der Waals surface area (Å²) in [6.07, 6.45) is -0.412. The van der Waals surface area contributed by atoms with Gasteiger partial charge >= 0.3 is 5.97 Å². The summed E-state index contributed by atoms with van der Waals surface area (Å²) in [6, 6.07) is 3.00. The number of aliphatic hydroxyl groups excluding tert-OH is 1. The molecule has 1 aliphatic heterocycles. The van der Waals surface area contributed by atoms with Gasteiger partial charge < -0.3 is 14.9 Å². The van der Waals surface area contributed by atoms with E-state index in [9.17, 15) is 19.8 Å². The zero-order valence-corrected chi connectivity index (χ0v) is 11.6. The van der Waals surface area contributed by atoms with Crippen LogP contribution in [0.1, 0.15) is 29.8 Å². The Kier molecular flexibility index (Phi) is 3.67. The zero-order chi connectivity index (χ0) is 15.0. The quantitative estimate of drug-likeness (QED) is 0.851. The number of aromatic carboxylic acids is 1. The summed E-state index contributed by atoms with van der Waals surface area (Å²) in [7, 11) is 1.37. The molecule has 0 saturated heterocycles. The number of hydrogen-bond acceptors (Lipinski definition) is 4. The summed E-state index contributed by atoms with van der Waals surface area (Å²) in [5.74, 6) is -1.38. The molecule has 2 rings (SSSR count). The first kappa shape index (κ1) is 14.3. The Bertz CT molecular complexity index is 569. The molecule has 1 heterocycles. The third-order valence-corrected chi connectivity index (χ3v) is 3.55. The standard InChI is InChI=1S/C14H17NO5/c1-7-4-9-5-10(14(18)19)12(20-3)6-11(9)15(8(2)16)13(7)17/h5-7,13,17H,4H2,1-3H3,(H,18,19)/t7?,13-/m0/s1. The number of ether oxygens (including phenoxy) is 1. The number of hydrogen-bond donors (Lipinski definition) is 2. The molecule has 0 aromatic heterocycles. The van der Waals surface area contributed by atoms with Crippen LogP contribution in [0.4, 0.5) is 5.69 Å². The fourth-order valence-electron chi connectivity index (χ4n) is 2.54.